The van der Waals surface area contributed by atoms with Gasteiger partial charge in [0, 0.05) is 27.1 Å². The Morgan fingerprint density at radius 2 is 1.63 bits per heavy atom. The number of aromatic hydroxyl groups is 2. The Balaban J connectivity index is 1.87. The molecule has 3 aromatic carbocycles. The predicted molar refractivity (Wildman–Crippen MR) is 125 cm³/mol. The highest BCUT2D eigenvalue weighted by atomic mass is 32.1. The molecular formula is C25H25NO3S. The van der Waals surface area contributed by atoms with Crippen LogP contribution in [0.25, 0.3) is 31.7 Å². The second kappa shape index (κ2) is 8.38. The number of aryl methyl sites for hydroxylation is 1. The van der Waals surface area contributed by atoms with Gasteiger partial charge in [-0.2, -0.15) is 0 Å². The summed E-state index contributed by atoms with van der Waals surface area (Å²) in [6.45, 7) is 3.57. The molecule has 0 amide bonds. The monoisotopic (exact) mass is 419 g/mol. The summed E-state index contributed by atoms with van der Waals surface area (Å²) >= 11 is 1.64. The molecule has 0 saturated heterocycles. The molecule has 0 spiro atoms. The molecule has 4 rings (SSSR count). The van der Waals surface area contributed by atoms with Crippen LogP contribution in [0.2, 0.25) is 0 Å². The molecule has 0 aliphatic carbocycles. The maximum absolute atomic E-state index is 10.00. The average Bonchev–Trinajstić information content (AvgIpc) is 3.07. The molecule has 4 aromatic rings. The SMILES string of the molecule is Cc1ccc(OCCN(C)C)cc1-c1c(-c2ccc(O)cc2)sc2cc(O)ccc12. The van der Waals surface area contributed by atoms with Crippen LogP contribution in [-0.4, -0.2) is 42.4 Å². The maximum atomic E-state index is 10.00. The maximum Gasteiger partial charge on any atom is 0.120 e. The second-order valence-electron chi connectivity index (χ2n) is 7.66. The van der Waals surface area contributed by atoms with E-state index in [0.29, 0.717) is 6.61 Å². The number of hydrogen-bond acceptors (Lipinski definition) is 5. The highest BCUT2D eigenvalue weighted by Gasteiger charge is 2.18. The number of likely N-dealkylation sites (N-methyl/N-ethyl adjacent to an activating group) is 1. The number of hydrogen-bond donors (Lipinski definition) is 2. The fourth-order valence-corrected chi connectivity index (χ4v) is 4.73. The summed E-state index contributed by atoms with van der Waals surface area (Å²) in [6.07, 6.45) is 0. The molecule has 1 aromatic heterocycles. The minimum atomic E-state index is 0.242. The molecule has 0 saturated carbocycles. The van der Waals surface area contributed by atoms with Crippen molar-refractivity contribution in [3.05, 3.63) is 66.2 Å². The zero-order valence-corrected chi connectivity index (χ0v) is 18.2. The first-order valence-corrected chi connectivity index (χ1v) is 10.7. The number of thiophene rings is 1. The number of phenols is 2. The first kappa shape index (κ1) is 20.3. The van der Waals surface area contributed by atoms with Crippen molar-refractivity contribution in [1.29, 1.82) is 0 Å². The van der Waals surface area contributed by atoms with Gasteiger partial charge in [-0.1, -0.05) is 6.07 Å². The van der Waals surface area contributed by atoms with Gasteiger partial charge in [0.1, 0.15) is 23.9 Å². The van der Waals surface area contributed by atoms with Crippen LogP contribution in [0.15, 0.2) is 60.7 Å². The highest BCUT2D eigenvalue weighted by Crippen LogP contribution is 2.47. The van der Waals surface area contributed by atoms with Crippen LogP contribution in [0.5, 0.6) is 17.2 Å². The van der Waals surface area contributed by atoms with E-state index in [-0.39, 0.29) is 11.5 Å². The summed E-state index contributed by atoms with van der Waals surface area (Å²) in [4.78, 5) is 3.20. The van der Waals surface area contributed by atoms with E-state index < -0.39 is 0 Å². The van der Waals surface area contributed by atoms with Gasteiger partial charge in [0.05, 0.1) is 0 Å². The van der Waals surface area contributed by atoms with Gasteiger partial charge >= 0.3 is 0 Å². The third kappa shape index (κ3) is 4.13. The number of ether oxygens (including phenoxy) is 1. The quantitative estimate of drug-likeness (QED) is 0.409. The molecule has 0 fully saturated rings. The summed E-state index contributed by atoms with van der Waals surface area (Å²) < 4.78 is 7.01. The number of phenolic OH excluding ortho intramolecular Hbond substituents is 2. The van der Waals surface area contributed by atoms with E-state index in [1.165, 1.54) is 0 Å². The van der Waals surface area contributed by atoms with E-state index in [2.05, 4.69) is 24.0 Å². The van der Waals surface area contributed by atoms with Gasteiger partial charge in [0.15, 0.2) is 0 Å². The Bertz CT molecular complexity index is 1180. The van der Waals surface area contributed by atoms with Gasteiger partial charge in [-0.3, -0.25) is 0 Å². The molecule has 30 heavy (non-hydrogen) atoms. The predicted octanol–water partition coefficient (Wildman–Crippen LogP) is 5.90. The third-order valence-corrected chi connectivity index (χ3v) is 6.29. The van der Waals surface area contributed by atoms with E-state index in [9.17, 15) is 10.2 Å². The first-order chi connectivity index (χ1) is 14.4. The smallest absolute Gasteiger partial charge is 0.120 e. The summed E-state index contributed by atoms with van der Waals surface area (Å²) in [5.41, 5.74) is 4.41. The van der Waals surface area contributed by atoms with Crippen molar-refractivity contribution in [2.75, 3.05) is 27.2 Å². The molecule has 0 aliphatic heterocycles. The Labute approximate surface area is 180 Å². The summed E-state index contributed by atoms with van der Waals surface area (Å²) in [5, 5.41) is 20.8. The van der Waals surface area contributed by atoms with Crippen LogP contribution >= 0.6 is 11.3 Å². The van der Waals surface area contributed by atoms with E-state index in [4.69, 9.17) is 4.74 Å². The van der Waals surface area contributed by atoms with E-state index >= 15 is 0 Å². The van der Waals surface area contributed by atoms with Gasteiger partial charge in [-0.15, -0.1) is 11.3 Å². The number of benzene rings is 3. The van der Waals surface area contributed by atoms with Crippen molar-refractivity contribution in [3.63, 3.8) is 0 Å². The van der Waals surface area contributed by atoms with Gasteiger partial charge in [-0.25, -0.2) is 0 Å². The van der Waals surface area contributed by atoms with E-state index in [1.807, 2.05) is 38.4 Å². The van der Waals surface area contributed by atoms with Crippen molar-refractivity contribution >= 4 is 21.4 Å². The molecule has 0 unspecified atom stereocenters. The first-order valence-electron chi connectivity index (χ1n) is 9.86. The topological polar surface area (TPSA) is 52.9 Å². The summed E-state index contributed by atoms with van der Waals surface area (Å²) in [5.74, 6) is 1.34. The van der Waals surface area contributed by atoms with Crippen molar-refractivity contribution in [2.24, 2.45) is 0 Å². The number of rotatable bonds is 6. The lowest BCUT2D eigenvalue weighted by molar-refractivity contribution is 0.261. The van der Waals surface area contributed by atoms with Crippen LogP contribution in [-0.2, 0) is 0 Å². The Morgan fingerprint density at radius 1 is 0.900 bits per heavy atom. The average molecular weight is 420 g/mol. The molecule has 0 atom stereocenters. The molecule has 0 radical (unpaired) electrons. The van der Waals surface area contributed by atoms with Gasteiger partial charge in [-0.05, 0) is 92.3 Å². The van der Waals surface area contributed by atoms with Crippen LogP contribution in [0.1, 0.15) is 5.56 Å². The normalized spacial score (nSPS) is 11.3. The molecule has 0 bridgehead atoms. The molecule has 0 aliphatic rings. The fourth-order valence-electron chi connectivity index (χ4n) is 3.48. The van der Waals surface area contributed by atoms with E-state index in [0.717, 1.165) is 49.5 Å². The largest absolute Gasteiger partial charge is 0.508 e. The van der Waals surface area contributed by atoms with Gasteiger partial charge in [0.2, 0.25) is 0 Å². The van der Waals surface area contributed by atoms with Crippen molar-refractivity contribution < 1.29 is 14.9 Å². The lowest BCUT2D eigenvalue weighted by Gasteiger charge is -2.14. The standard InChI is InChI=1S/C25H25NO3S/c1-16-4-10-20(29-13-12-26(2)3)15-22(16)24-21-11-9-19(28)14-23(21)30-25(24)17-5-7-18(27)8-6-17/h4-11,14-15,27-28H,12-13H2,1-3H3. The molecule has 1 heterocycles. The Kier molecular flexibility index (Phi) is 5.66. The molecule has 154 valence electrons. The van der Waals surface area contributed by atoms with Gasteiger partial charge in [0.25, 0.3) is 0 Å². The molecular weight excluding hydrogens is 394 g/mol. The van der Waals surface area contributed by atoms with Crippen molar-refractivity contribution in [3.8, 4) is 38.8 Å². The van der Waals surface area contributed by atoms with Crippen molar-refractivity contribution in [2.45, 2.75) is 6.92 Å². The summed E-state index contributed by atoms with van der Waals surface area (Å²) in [7, 11) is 4.06. The zero-order chi connectivity index (χ0) is 21.3. The zero-order valence-electron chi connectivity index (χ0n) is 17.3. The van der Waals surface area contributed by atoms with Gasteiger partial charge < -0.3 is 19.8 Å². The number of nitrogens with zero attached hydrogens (tertiary/aromatic N) is 1. The van der Waals surface area contributed by atoms with Crippen molar-refractivity contribution in [1.82, 2.24) is 4.90 Å². The third-order valence-electron chi connectivity index (χ3n) is 5.09. The Morgan fingerprint density at radius 3 is 2.37 bits per heavy atom. The molecule has 2 N–H and O–H groups in total. The fraction of sp³-hybridized carbons (Fsp3) is 0.200. The Hall–Kier alpha value is -3.02. The van der Waals surface area contributed by atoms with Crippen LogP contribution < -0.4 is 4.74 Å². The van der Waals surface area contributed by atoms with E-state index in [1.54, 1.807) is 35.6 Å². The second-order valence-corrected chi connectivity index (χ2v) is 8.71. The minimum absolute atomic E-state index is 0.242. The molecule has 5 heteroatoms. The molecule has 4 nitrogen and oxygen atoms in total. The van der Waals surface area contributed by atoms with Crippen LogP contribution in [0.3, 0.4) is 0 Å². The highest BCUT2D eigenvalue weighted by molar-refractivity contribution is 7.23. The summed E-state index contributed by atoms with van der Waals surface area (Å²) in [6, 6.07) is 19.0. The lowest BCUT2D eigenvalue weighted by atomic mass is 9.95. The minimum Gasteiger partial charge on any atom is -0.508 e. The lowest BCUT2D eigenvalue weighted by Crippen LogP contribution is -2.19. The number of fused-ring (bicyclic) bond motifs is 1. The van der Waals surface area contributed by atoms with Crippen LogP contribution in [0.4, 0.5) is 0 Å². The van der Waals surface area contributed by atoms with Crippen LogP contribution in [0, 0.1) is 6.92 Å².